The fourth-order valence-corrected chi connectivity index (χ4v) is 5.98. The van der Waals surface area contributed by atoms with Crippen molar-refractivity contribution in [2.45, 2.75) is 52.1 Å². The maximum atomic E-state index is 6.31. The van der Waals surface area contributed by atoms with E-state index in [0.717, 1.165) is 12.6 Å². The van der Waals surface area contributed by atoms with Crippen LogP contribution in [0.15, 0.2) is 0 Å². The van der Waals surface area contributed by atoms with Crippen molar-refractivity contribution in [3.63, 3.8) is 0 Å². The topological polar surface area (TPSA) is 32.5 Å². The molecule has 2 atom stereocenters. The summed E-state index contributed by atoms with van der Waals surface area (Å²) in [7, 11) is 0. The molecule has 0 aromatic rings. The summed E-state index contributed by atoms with van der Waals surface area (Å²) in [6.45, 7) is 15.0. The second-order valence-electron chi connectivity index (χ2n) is 7.03. The average Bonchev–Trinajstić information content (AvgIpc) is 2.90. The zero-order valence-corrected chi connectivity index (χ0v) is 14.6. The van der Waals surface area contributed by atoms with Crippen molar-refractivity contribution in [1.29, 1.82) is 0 Å². The van der Waals surface area contributed by atoms with Gasteiger partial charge in [0.05, 0.1) is 0 Å². The number of likely N-dealkylation sites (tertiary alicyclic amines) is 1. The van der Waals surface area contributed by atoms with Crippen molar-refractivity contribution in [3.05, 3.63) is 0 Å². The molecule has 0 spiro atoms. The van der Waals surface area contributed by atoms with Gasteiger partial charge in [-0.2, -0.15) is 11.8 Å². The molecule has 4 heteroatoms. The summed E-state index contributed by atoms with van der Waals surface area (Å²) in [6.07, 6.45) is 2.60. The predicted molar refractivity (Wildman–Crippen MR) is 90.4 cm³/mol. The standard InChI is InChI=1S/C16H33N3S/c1-5-18(6-2)14-7-9-19(11-14)16(12-17)13-20-10-8-15(16,3)4/h14H,5-13,17H2,1-4H3. The minimum Gasteiger partial charge on any atom is -0.329 e. The Morgan fingerprint density at radius 3 is 2.55 bits per heavy atom. The van der Waals surface area contributed by atoms with Gasteiger partial charge in [0.1, 0.15) is 0 Å². The quantitative estimate of drug-likeness (QED) is 0.844. The first-order chi connectivity index (χ1) is 9.50. The highest BCUT2D eigenvalue weighted by Gasteiger charge is 2.51. The van der Waals surface area contributed by atoms with Crippen molar-refractivity contribution in [3.8, 4) is 0 Å². The van der Waals surface area contributed by atoms with Crippen molar-refractivity contribution in [1.82, 2.24) is 9.80 Å². The zero-order valence-electron chi connectivity index (χ0n) is 13.8. The molecule has 2 rings (SSSR count). The van der Waals surface area contributed by atoms with Crippen LogP contribution in [0.2, 0.25) is 0 Å². The third-order valence-electron chi connectivity index (χ3n) is 5.91. The van der Waals surface area contributed by atoms with E-state index in [1.54, 1.807) is 0 Å². The minimum absolute atomic E-state index is 0.206. The number of hydrogen-bond acceptors (Lipinski definition) is 4. The highest BCUT2D eigenvalue weighted by atomic mass is 32.2. The van der Waals surface area contributed by atoms with E-state index >= 15 is 0 Å². The van der Waals surface area contributed by atoms with Gasteiger partial charge < -0.3 is 5.73 Å². The number of nitrogens with two attached hydrogens (primary N) is 1. The molecule has 2 aliphatic heterocycles. The van der Waals surface area contributed by atoms with Gasteiger partial charge in [-0.25, -0.2) is 0 Å². The van der Waals surface area contributed by atoms with Gasteiger partial charge in [-0.1, -0.05) is 27.7 Å². The molecule has 2 saturated heterocycles. The lowest BCUT2D eigenvalue weighted by Crippen LogP contribution is -2.65. The highest BCUT2D eigenvalue weighted by molar-refractivity contribution is 7.99. The zero-order chi connectivity index (χ0) is 14.8. The van der Waals surface area contributed by atoms with Crippen LogP contribution in [0, 0.1) is 5.41 Å². The van der Waals surface area contributed by atoms with Crippen LogP contribution in [0.25, 0.3) is 0 Å². The summed E-state index contributed by atoms with van der Waals surface area (Å²) in [5.41, 5.74) is 6.86. The van der Waals surface area contributed by atoms with Gasteiger partial charge >= 0.3 is 0 Å². The third-order valence-corrected chi connectivity index (χ3v) is 7.08. The normalized spacial score (nSPS) is 34.8. The summed E-state index contributed by atoms with van der Waals surface area (Å²) in [5, 5.41) is 0. The van der Waals surface area contributed by atoms with Gasteiger partial charge in [0.25, 0.3) is 0 Å². The van der Waals surface area contributed by atoms with E-state index in [4.69, 9.17) is 5.73 Å². The molecule has 3 nitrogen and oxygen atoms in total. The Balaban J connectivity index is 2.13. The fraction of sp³-hybridized carbons (Fsp3) is 1.00. The van der Waals surface area contributed by atoms with Crippen molar-refractivity contribution in [2.24, 2.45) is 11.1 Å². The first-order valence-corrected chi connectivity index (χ1v) is 9.43. The molecule has 2 heterocycles. The summed E-state index contributed by atoms with van der Waals surface area (Å²) in [5.74, 6) is 2.50. The fourth-order valence-electron chi connectivity index (χ4n) is 4.15. The van der Waals surface area contributed by atoms with Gasteiger partial charge in [-0.15, -0.1) is 0 Å². The molecule has 0 aromatic carbocycles. The Morgan fingerprint density at radius 1 is 1.30 bits per heavy atom. The molecule has 2 N–H and O–H groups in total. The van der Waals surface area contributed by atoms with E-state index in [2.05, 4.69) is 49.3 Å². The van der Waals surface area contributed by atoms with Crippen LogP contribution >= 0.6 is 11.8 Å². The molecule has 20 heavy (non-hydrogen) atoms. The molecule has 0 amide bonds. The number of hydrogen-bond donors (Lipinski definition) is 1. The van der Waals surface area contributed by atoms with Crippen molar-refractivity contribution < 1.29 is 0 Å². The molecule has 0 saturated carbocycles. The molecule has 2 aliphatic rings. The number of nitrogens with zero attached hydrogens (tertiary/aromatic N) is 2. The Kier molecular flexibility index (Phi) is 5.44. The lowest BCUT2D eigenvalue weighted by atomic mass is 9.70. The van der Waals surface area contributed by atoms with Crippen LogP contribution in [0.5, 0.6) is 0 Å². The Hall–Kier alpha value is 0.230. The molecular weight excluding hydrogens is 266 g/mol. The molecule has 0 aliphatic carbocycles. The summed E-state index contributed by atoms with van der Waals surface area (Å²) in [6, 6.07) is 0.733. The highest BCUT2D eigenvalue weighted by Crippen LogP contribution is 2.46. The largest absolute Gasteiger partial charge is 0.329 e. The van der Waals surface area contributed by atoms with Crippen LogP contribution in [0.3, 0.4) is 0 Å². The smallest absolute Gasteiger partial charge is 0.0473 e. The van der Waals surface area contributed by atoms with Gasteiger partial charge in [0, 0.05) is 37.0 Å². The monoisotopic (exact) mass is 299 g/mol. The van der Waals surface area contributed by atoms with Crippen molar-refractivity contribution in [2.75, 3.05) is 44.2 Å². The molecule has 2 unspecified atom stereocenters. The number of rotatable bonds is 5. The summed E-state index contributed by atoms with van der Waals surface area (Å²) in [4.78, 5) is 5.36. The summed E-state index contributed by atoms with van der Waals surface area (Å²) < 4.78 is 0. The lowest BCUT2D eigenvalue weighted by Gasteiger charge is -2.54. The van der Waals surface area contributed by atoms with E-state index in [-0.39, 0.29) is 5.54 Å². The van der Waals surface area contributed by atoms with Crippen LogP contribution in [0.4, 0.5) is 0 Å². The maximum absolute atomic E-state index is 6.31. The van der Waals surface area contributed by atoms with E-state index in [9.17, 15) is 0 Å². The Morgan fingerprint density at radius 2 is 2.00 bits per heavy atom. The second-order valence-corrected chi connectivity index (χ2v) is 8.14. The molecule has 118 valence electrons. The first kappa shape index (κ1) is 16.6. The molecule has 0 aromatic heterocycles. The van der Waals surface area contributed by atoms with Gasteiger partial charge in [-0.3, -0.25) is 9.80 Å². The van der Waals surface area contributed by atoms with Crippen molar-refractivity contribution >= 4 is 11.8 Å². The molecule has 0 bridgehead atoms. The second kappa shape index (κ2) is 6.55. The van der Waals surface area contributed by atoms with Gasteiger partial charge in [0.2, 0.25) is 0 Å². The first-order valence-electron chi connectivity index (χ1n) is 8.27. The molecule has 0 radical (unpaired) electrons. The van der Waals surface area contributed by atoms with Gasteiger partial charge in [-0.05, 0) is 37.1 Å². The summed E-state index contributed by atoms with van der Waals surface area (Å²) >= 11 is 2.10. The molecular formula is C16H33N3S. The van der Waals surface area contributed by atoms with Crippen LogP contribution < -0.4 is 5.73 Å². The lowest BCUT2D eigenvalue weighted by molar-refractivity contribution is 0.0133. The Labute approximate surface area is 129 Å². The van der Waals surface area contributed by atoms with E-state index < -0.39 is 0 Å². The minimum atomic E-state index is 0.206. The Bertz CT molecular complexity index is 317. The average molecular weight is 300 g/mol. The van der Waals surface area contributed by atoms with Crippen LogP contribution in [0.1, 0.15) is 40.5 Å². The predicted octanol–water partition coefficient (Wildman–Crippen LogP) is 2.26. The molecule has 2 fully saturated rings. The van der Waals surface area contributed by atoms with E-state index in [0.29, 0.717) is 5.41 Å². The van der Waals surface area contributed by atoms with Crippen LogP contribution in [-0.2, 0) is 0 Å². The maximum Gasteiger partial charge on any atom is 0.0473 e. The van der Waals surface area contributed by atoms with Crippen LogP contribution in [-0.4, -0.2) is 65.6 Å². The number of thioether (sulfide) groups is 1. The number of likely N-dealkylation sites (N-methyl/N-ethyl adjacent to an activating group) is 1. The SMILES string of the molecule is CCN(CC)C1CCN(C2(CN)CSCCC2(C)C)C1. The van der Waals surface area contributed by atoms with E-state index in [1.165, 1.54) is 50.5 Å². The van der Waals surface area contributed by atoms with E-state index in [1.807, 2.05) is 0 Å². The van der Waals surface area contributed by atoms with Gasteiger partial charge in [0.15, 0.2) is 0 Å². The third kappa shape index (κ3) is 2.77.